The standard InChI is InChI=1S/C14H17N5O/c1-2-19(10-11-5-7-16-8-6-11)13-4-3-12(9-17-13)14(15)18-20/h3-9,20H,2,10H2,1H3,(H2,15,18). The van der Waals surface area contributed by atoms with Crippen LogP contribution in [0.3, 0.4) is 0 Å². The van der Waals surface area contributed by atoms with Gasteiger partial charge in [-0.2, -0.15) is 0 Å². The molecule has 0 bridgehead atoms. The minimum atomic E-state index is 0.0567. The van der Waals surface area contributed by atoms with Crippen molar-refractivity contribution in [3.63, 3.8) is 0 Å². The van der Waals surface area contributed by atoms with Crippen LogP contribution < -0.4 is 10.6 Å². The Kier molecular flexibility index (Phi) is 4.49. The number of anilines is 1. The Bertz CT molecular complexity index is 568. The van der Waals surface area contributed by atoms with E-state index in [2.05, 4.69) is 26.9 Å². The summed E-state index contributed by atoms with van der Waals surface area (Å²) < 4.78 is 0. The quantitative estimate of drug-likeness (QED) is 0.373. The van der Waals surface area contributed by atoms with E-state index in [0.29, 0.717) is 5.56 Å². The van der Waals surface area contributed by atoms with Crippen molar-refractivity contribution < 1.29 is 5.21 Å². The van der Waals surface area contributed by atoms with E-state index in [4.69, 9.17) is 10.9 Å². The minimum Gasteiger partial charge on any atom is -0.409 e. The zero-order valence-corrected chi connectivity index (χ0v) is 11.3. The molecule has 0 unspecified atom stereocenters. The number of rotatable bonds is 5. The molecule has 0 saturated heterocycles. The first-order valence-electron chi connectivity index (χ1n) is 6.32. The Morgan fingerprint density at radius 1 is 1.30 bits per heavy atom. The van der Waals surface area contributed by atoms with Gasteiger partial charge in [0.2, 0.25) is 0 Å². The number of aromatic nitrogens is 2. The largest absolute Gasteiger partial charge is 0.409 e. The number of nitrogens with two attached hydrogens (primary N) is 1. The fourth-order valence-electron chi connectivity index (χ4n) is 1.85. The third kappa shape index (κ3) is 3.23. The van der Waals surface area contributed by atoms with Crippen molar-refractivity contribution in [1.29, 1.82) is 0 Å². The second-order valence-corrected chi connectivity index (χ2v) is 4.26. The Morgan fingerprint density at radius 3 is 2.60 bits per heavy atom. The Balaban J connectivity index is 2.16. The lowest BCUT2D eigenvalue weighted by molar-refractivity contribution is 0.318. The third-order valence-corrected chi connectivity index (χ3v) is 2.98. The number of amidine groups is 1. The van der Waals surface area contributed by atoms with Crippen molar-refractivity contribution in [2.75, 3.05) is 11.4 Å². The van der Waals surface area contributed by atoms with Gasteiger partial charge in [-0.25, -0.2) is 4.98 Å². The average molecular weight is 271 g/mol. The van der Waals surface area contributed by atoms with Crippen LogP contribution in [0.1, 0.15) is 18.1 Å². The number of hydrogen-bond acceptors (Lipinski definition) is 5. The molecule has 6 heteroatoms. The summed E-state index contributed by atoms with van der Waals surface area (Å²) in [5.41, 5.74) is 7.28. The molecule has 0 aromatic carbocycles. The predicted octanol–water partition coefficient (Wildman–Crippen LogP) is 1.60. The minimum absolute atomic E-state index is 0.0567. The number of pyridine rings is 2. The van der Waals surface area contributed by atoms with Gasteiger partial charge in [0.25, 0.3) is 0 Å². The zero-order chi connectivity index (χ0) is 14.4. The lowest BCUT2D eigenvalue weighted by Crippen LogP contribution is -2.23. The molecule has 3 N–H and O–H groups in total. The van der Waals surface area contributed by atoms with E-state index in [-0.39, 0.29) is 5.84 Å². The fraction of sp³-hybridized carbons (Fsp3) is 0.214. The van der Waals surface area contributed by atoms with E-state index in [1.165, 1.54) is 5.56 Å². The molecule has 2 aromatic heterocycles. The van der Waals surface area contributed by atoms with E-state index in [1.54, 1.807) is 24.7 Å². The first-order chi connectivity index (χ1) is 9.74. The molecule has 0 spiro atoms. The summed E-state index contributed by atoms with van der Waals surface area (Å²) in [6, 6.07) is 7.60. The van der Waals surface area contributed by atoms with Crippen LogP contribution in [0.4, 0.5) is 5.82 Å². The van der Waals surface area contributed by atoms with Gasteiger partial charge < -0.3 is 15.8 Å². The Hall–Kier alpha value is -2.63. The smallest absolute Gasteiger partial charge is 0.171 e. The maximum Gasteiger partial charge on any atom is 0.171 e. The van der Waals surface area contributed by atoms with E-state index in [0.717, 1.165) is 18.9 Å². The van der Waals surface area contributed by atoms with Gasteiger partial charge in [-0.1, -0.05) is 5.16 Å². The molecule has 0 radical (unpaired) electrons. The van der Waals surface area contributed by atoms with Crippen molar-refractivity contribution >= 4 is 11.7 Å². The highest BCUT2D eigenvalue weighted by atomic mass is 16.4. The summed E-state index contributed by atoms with van der Waals surface area (Å²) in [6.07, 6.45) is 5.15. The monoisotopic (exact) mass is 271 g/mol. The first kappa shape index (κ1) is 13.8. The maximum atomic E-state index is 8.63. The molecule has 104 valence electrons. The number of nitrogens with zero attached hydrogens (tertiary/aromatic N) is 4. The van der Waals surface area contributed by atoms with Gasteiger partial charge in [0.15, 0.2) is 5.84 Å². The molecule has 0 aliphatic rings. The van der Waals surface area contributed by atoms with E-state index >= 15 is 0 Å². The Labute approximate surface area is 117 Å². The van der Waals surface area contributed by atoms with Gasteiger partial charge in [0.05, 0.1) is 0 Å². The van der Waals surface area contributed by atoms with Crippen LogP contribution in [0.15, 0.2) is 48.0 Å². The van der Waals surface area contributed by atoms with Crippen molar-refractivity contribution in [2.24, 2.45) is 10.9 Å². The van der Waals surface area contributed by atoms with Crippen LogP contribution in [-0.4, -0.2) is 27.6 Å². The first-order valence-corrected chi connectivity index (χ1v) is 6.32. The van der Waals surface area contributed by atoms with Crippen LogP contribution in [0.2, 0.25) is 0 Å². The Morgan fingerprint density at radius 2 is 2.05 bits per heavy atom. The van der Waals surface area contributed by atoms with Crippen molar-refractivity contribution in [2.45, 2.75) is 13.5 Å². The third-order valence-electron chi connectivity index (χ3n) is 2.98. The molecule has 0 fully saturated rings. The lowest BCUT2D eigenvalue weighted by atomic mass is 10.2. The second kappa shape index (κ2) is 6.51. The van der Waals surface area contributed by atoms with Crippen molar-refractivity contribution in [1.82, 2.24) is 9.97 Å². The molecular formula is C14H17N5O. The lowest BCUT2D eigenvalue weighted by Gasteiger charge is -2.22. The fourth-order valence-corrected chi connectivity index (χ4v) is 1.85. The van der Waals surface area contributed by atoms with E-state index in [1.807, 2.05) is 18.2 Å². The number of hydrogen-bond donors (Lipinski definition) is 2. The molecule has 20 heavy (non-hydrogen) atoms. The summed E-state index contributed by atoms with van der Waals surface area (Å²) >= 11 is 0. The van der Waals surface area contributed by atoms with Gasteiger partial charge in [0.1, 0.15) is 5.82 Å². The van der Waals surface area contributed by atoms with Crippen LogP contribution in [0.25, 0.3) is 0 Å². The molecule has 0 aliphatic heterocycles. The van der Waals surface area contributed by atoms with Gasteiger partial charge in [0, 0.05) is 37.2 Å². The van der Waals surface area contributed by atoms with Crippen LogP contribution in [-0.2, 0) is 6.54 Å². The number of oxime groups is 1. The summed E-state index contributed by atoms with van der Waals surface area (Å²) in [5, 5.41) is 11.6. The average Bonchev–Trinajstić information content (AvgIpc) is 2.53. The highest BCUT2D eigenvalue weighted by Crippen LogP contribution is 2.14. The molecular weight excluding hydrogens is 254 g/mol. The molecule has 0 saturated carbocycles. The van der Waals surface area contributed by atoms with Crippen molar-refractivity contribution in [3.8, 4) is 0 Å². The van der Waals surface area contributed by atoms with Crippen LogP contribution >= 0.6 is 0 Å². The topological polar surface area (TPSA) is 87.6 Å². The molecule has 0 aliphatic carbocycles. The van der Waals surface area contributed by atoms with Crippen LogP contribution in [0, 0.1) is 0 Å². The van der Waals surface area contributed by atoms with Gasteiger partial charge in [-0.3, -0.25) is 4.98 Å². The molecule has 6 nitrogen and oxygen atoms in total. The van der Waals surface area contributed by atoms with E-state index < -0.39 is 0 Å². The van der Waals surface area contributed by atoms with Gasteiger partial charge in [-0.15, -0.1) is 0 Å². The molecule has 2 heterocycles. The SMILES string of the molecule is CCN(Cc1ccncc1)c1ccc(C(N)=NO)cn1. The molecule has 0 atom stereocenters. The highest BCUT2D eigenvalue weighted by molar-refractivity contribution is 5.96. The summed E-state index contributed by atoms with van der Waals surface area (Å²) in [7, 11) is 0. The highest BCUT2D eigenvalue weighted by Gasteiger charge is 2.07. The summed E-state index contributed by atoms with van der Waals surface area (Å²) in [5.74, 6) is 0.903. The zero-order valence-electron chi connectivity index (χ0n) is 11.3. The molecule has 2 aromatic rings. The normalized spacial score (nSPS) is 11.3. The van der Waals surface area contributed by atoms with Gasteiger partial charge in [-0.05, 0) is 36.8 Å². The second-order valence-electron chi connectivity index (χ2n) is 4.26. The summed E-state index contributed by atoms with van der Waals surface area (Å²) in [4.78, 5) is 10.5. The van der Waals surface area contributed by atoms with Crippen molar-refractivity contribution in [3.05, 3.63) is 54.0 Å². The predicted molar refractivity (Wildman–Crippen MR) is 77.7 cm³/mol. The van der Waals surface area contributed by atoms with E-state index in [9.17, 15) is 0 Å². The maximum absolute atomic E-state index is 8.63. The molecule has 0 amide bonds. The summed E-state index contributed by atoms with van der Waals surface area (Å²) in [6.45, 7) is 3.66. The molecule has 2 rings (SSSR count). The van der Waals surface area contributed by atoms with Crippen LogP contribution in [0.5, 0.6) is 0 Å². The van der Waals surface area contributed by atoms with Gasteiger partial charge >= 0.3 is 0 Å².